The van der Waals surface area contributed by atoms with Crippen molar-refractivity contribution in [2.45, 2.75) is 19.2 Å². The lowest BCUT2D eigenvalue weighted by molar-refractivity contribution is 0.587. The summed E-state index contributed by atoms with van der Waals surface area (Å²) in [5, 5.41) is -0.636. The van der Waals surface area contributed by atoms with E-state index < -0.39 is 17.0 Å². The van der Waals surface area contributed by atoms with Crippen molar-refractivity contribution in [3.63, 3.8) is 0 Å². The molecule has 2 aromatic rings. The number of aryl methyl sites for hydroxylation is 2. The Balaban J connectivity index is 2.42. The van der Waals surface area contributed by atoms with Gasteiger partial charge in [0.2, 0.25) is 0 Å². The Morgan fingerprint density at radius 2 is 1.88 bits per heavy atom. The number of halogens is 3. The molecule has 1 heterocycles. The Kier molecular flexibility index (Phi) is 3.50. The maximum absolute atomic E-state index is 13.6. The first-order valence-electron chi connectivity index (χ1n) is 5.15. The number of hydrogen-bond acceptors (Lipinski definition) is 1. The molecule has 17 heavy (non-hydrogen) atoms. The van der Waals surface area contributed by atoms with Crippen LogP contribution in [0, 0.1) is 25.5 Å². The normalized spacial score (nSPS) is 12.8. The molecule has 0 nitrogen and oxygen atoms in total. The van der Waals surface area contributed by atoms with Gasteiger partial charge in [-0.1, -0.05) is 0 Å². The van der Waals surface area contributed by atoms with Gasteiger partial charge in [-0.05, 0) is 43.7 Å². The smallest absolute Gasteiger partial charge is 0.128 e. The summed E-state index contributed by atoms with van der Waals surface area (Å²) >= 11 is 7.71. The third kappa shape index (κ3) is 2.50. The molecule has 1 atom stereocenters. The first kappa shape index (κ1) is 12.5. The summed E-state index contributed by atoms with van der Waals surface area (Å²) in [5.41, 5.74) is 1.31. The van der Waals surface area contributed by atoms with E-state index in [-0.39, 0.29) is 5.56 Å². The lowest BCUT2D eigenvalue weighted by atomic mass is 10.1. The van der Waals surface area contributed by atoms with E-state index in [2.05, 4.69) is 0 Å². The predicted octanol–water partition coefficient (Wildman–Crippen LogP) is 4.97. The van der Waals surface area contributed by atoms with Crippen LogP contribution in [0.25, 0.3) is 0 Å². The molecule has 0 spiro atoms. The summed E-state index contributed by atoms with van der Waals surface area (Å²) in [6, 6.07) is 5.26. The van der Waals surface area contributed by atoms with Crippen LogP contribution in [0.5, 0.6) is 0 Å². The van der Waals surface area contributed by atoms with E-state index in [9.17, 15) is 8.78 Å². The van der Waals surface area contributed by atoms with Gasteiger partial charge in [-0.15, -0.1) is 22.9 Å². The van der Waals surface area contributed by atoms with Crippen LogP contribution in [0.1, 0.15) is 26.3 Å². The number of benzene rings is 1. The van der Waals surface area contributed by atoms with Gasteiger partial charge in [-0.3, -0.25) is 0 Å². The van der Waals surface area contributed by atoms with Crippen LogP contribution in [0.15, 0.2) is 24.3 Å². The van der Waals surface area contributed by atoms with Crippen LogP contribution < -0.4 is 0 Å². The third-order valence-corrected chi connectivity index (χ3v) is 4.48. The molecule has 0 fully saturated rings. The maximum Gasteiger partial charge on any atom is 0.128 e. The first-order chi connectivity index (χ1) is 7.99. The van der Waals surface area contributed by atoms with Crippen molar-refractivity contribution < 1.29 is 8.78 Å². The van der Waals surface area contributed by atoms with E-state index in [1.54, 1.807) is 0 Å². The molecule has 2 rings (SSSR count). The molecule has 0 saturated heterocycles. The van der Waals surface area contributed by atoms with Crippen molar-refractivity contribution in [3.05, 3.63) is 56.8 Å². The van der Waals surface area contributed by atoms with Crippen molar-refractivity contribution in [3.8, 4) is 0 Å². The summed E-state index contributed by atoms with van der Waals surface area (Å²) in [7, 11) is 0. The number of thiophene rings is 1. The van der Waals surface area contributed by atoms with E-state index in [1.165, 1.54) is 11.3 Å². The zero-order chi connectivity index (χ0) is 12.6. The van der Waals surface area contributed by atoms with Crippen LogP contribution in [0.3, 0.4) is 0 Å². The van der Waals surface area contributed by atoms with E-state index in [4.69, 9.17) is 11.6 Å². The molecule has 4 heteroatoms. The monoisotopic (exact) mass is 272 g/mol. The van der Waals surface area contributed by atoms with Crippen molar-refractivity contribution in [2.24, 2.45) is 0 Å². The minimum absolute atomic E-state index is 0.188. The summed E-state index contributed by atoms with van der Waals surface area (Å²) < 4.78 is 26.7. The molecule has 1 aromatic carbocycles. The van der Waals surface area contributed by atoms with Gasteiger partial charge < -0.3 is 0 Å². The Bertz CT molecular complexity index is 529. The minimum Gasteiger partial charge on any atom is -0.207 e. The molecule has 90 valence electrons. The second-order valence-electron chi connectivity index (χ2n) is 3.92. The van der Waals surface area contributed by atoms with E-state index in [1.807, 2.05) is 19.9 Å². The van der Waals surface area contributed by atoms with Crippen molar-refractivity contribution in [1.29, 1.82) is 0 Å². The zero-order valence-corrected chi connectivity index (χ0v) is 11.0. The van der Waals surface area contributed by atoms with Crippen LogP contribution in [0.4, 0.5) is 8.78 Å². The van der Waals surface area contributed by atoms with E-state index >= 15 is 0 Å². The van der Waals surface area contributed by atoms with Crippen molar-refractivity contribution in [2.75, 3.05) is 0 Å². The van der Waals surface area contributed by atoms with Gasteiger partial charge in [-0.25, -0.2) is 8.78 Å². The molecule has 0 aliphatic carbocycles. The molecule has 0 aliphatic rings. The van der Waals surface area contributed by atoms with Gasteiger partial charge in [0.15, 0.2) is 0 Å². The fourth-order valence-electron chi connectivity index (χ4n) is 1.59. The van der Waals surface area contributed by atoms with Crippen LogP contribution in [-0.2, 0) is 0 Å². The Labute approximate surface area is 108 Å². The molecule has 0 aliphatic heterocycles. The molecule has 1 aromatic heterocycles. The molecular formula is C13H11ClF2S. The second-order valence-corrected chi connectivity index (χ2v) is 5.64. The third-order valence-electron chi connectivity index (χ3n) is 2.67. The van der Waals surface area contributed by atoms with Crippen LogP contribution >= 0.6 is 22.9 Å². The maximum atomic E-state index is 13.6. The summed E-state index contributed by atoms with van der Waals surface area (Å²) in [6.07, 6.45) is 0. The SMILES string of the molecule is Cc1cc(C(Cl)c2cc(F)ccc2F)sc1C. The molecule has 0 radical (unpaired) electrons. The quantitative estimate of drug-likeness (QED) is 0.677. The van der Waals surface area contributed by atoms with Gasteiger partial charge >= 0.3 is 0 Å². The number of rotatable bonds is 2. The van der Waals surface area contributed by atoms with Gasteiger partial charge in [0.05, 0.1) is 5.38 Å². The highest BCUT2D eigenvalue weighted by molar-refractivity contribution is 7.12. The molecular weight excluding hydrogens is 262 g/mol. The fraction of sp³-hybridized carbons (Fsp3) is 0.231. The Hall–Kier alpha value is -0.930. The fourth-order valence-corrected chi connectivity index (χ4v) is 2.99. The predicted molar refractivity (Wildman–Crippen MR) is 67.8 cm³/mol. The number of hydrogen-bond donors (Lipinski definition) is 0. The molecule has 0 bridgehead atoms. The average Bonchev–Trinajstić information content (AvgIpc) is 2.62. The van der Waals surface area contributed by atoms with Gasteiger partial charge in [0.25, 0.3) is 0 Å². The van der Waals surface area contributed by atoms with Gasteiger partial charge in [0.1, 0.15) is 11.6 Å². The van der Waals surface area contributed by atoms with Gasteiger partial charge in [0, 0.05) is 15.3 Å². The summed E-state index contributed by atoms with van der Waals surface area (Å²) in [5.74, 6) is -0.952. The lowest BCUT2D eigenvalue weighted by Crippen LogP contribution is -1.96. The van der Waals surface area contributed by atoms with Crippen molar-refractivity contribution >= 4 is 22.9 Å². The summed E-state index contributed by atoms with van der Waals surface area (Å²) in [4.78, 5) is 1.98. The highest BCUT2D eigenvalue weighted by Gasteiger charge is 2.18. The van der Waals surface area contributed by atoms with E-state index in [0.29, 0.717) is 0 Å². The summed E-state index contributed by atoms with van der Waals surface area (Å²) in [6.45, 7) is 3.95. The zero-order valence-electron chi connectivity index (χ0n) is 9.43. The Morgan fingerprint density at radius 3 is 2.47 bits per heavy atom. The average molecular weight is 273 g/mol. The molecule has 1 unspecified atom stereocenters. The van der Waals surface area contributed by atoms with Crippen LogP contribution in [0.2, 0.25) is 0 Å². The first-order valence-corrected chi connectivity index (χ1v) is 6.40. The lowest BCUT2D eigenvalue weighted by Gasteiger charge is -2.08. The van der Waals surface area contributed by atoms with Gasteiger partial charge in [-0.2, -0.15) is 0 Å². The second kappa shape index (κ2) is 4.75. The largest absolute Gasteiger partial charge is 0.207 e. The highest BCUT2D eigenvalue weighted by atomic mass is 35.5. The topological polar surface area (TPSA) is 0 Å². The highest BCUT2D eigenvalue weighted by Crippen LogP contribution is 2.36. The minimum atomic E-state index is -0.636. The molecule has 0 N–H and O–H groups in total. The standard InChI is InChI=1S/C13H11ClF2S/c1-7-5-12(17-8(7)2)13(14)10-6-9(15)3-4-11(10)16/h3-6,13H,1-2H3. The Morgan fingerprint density at radius 1 is 1.18 bits per heavy atom. The number of alkyl halides is 1. The van der Waals surface area contributed by atoms with Crippen molar-refractivity contribution in [1.82, 2.24) is 0 Å². The van der Waals surface area contributed by atoms with Crippen LogP contribution in [-0.4, -0.2) is 0 Å². The molecule has 0 saturated carbocycles. The molecule has 0 amide bonds. The van der Waals surface area contributed by atoms with E-state index in [0.717, 1.165) is 33.5 Å².